The van der Waals surface area contributed by atoms with Crippen molar-refractivity contribution in [1.82, 2.24) is 0 Å². The van der Waals surface area contributed by atoms with Crippen LogP contribution in [0.4, 0.5) is 0 Å². The van der Waals surface area contributed by atoms with E-state index in [1.807, 2.05) is 0 Å². The van der Waals surface area contributed by atoms with E-state index in [1.165, 1.54) is 257 Å². The summed E-state index contributed by atoms with van der Waals surface area (Å²) >= 11 is 0. The van der Waals surface area contributed by atoms with Crippen LogP contribution in [0.3, 0.4) is 0 Å². The average molecular weight is 1490 g/mol. The third-order valence-electron chi connectivity index (χ3n) is 19.5. The van der Waals surface area contributed by atoms with E-state index in [2.05, 4.69) is 41.5 Å². The summed E-state index contributed by atoms with van der Waals surface area (Å²) in [5, 5.41) is 10.7. The van der Waals surface area contributed by atoms with Crippen molar-refractivity contribution < 1.29 is 80.2 Å². The fraction of sp³-hybridized carbons (Fsp3) is 0.952. The van der Waals surface area contributed by atoms with Crippen LogP contribution in [0.5, 0.6) is 0 Å². The van der Waals surface area contributed by atoms with Crippen LogP contribution in [0.25, 0.3) is 0 Å². The Morgan fingerprint density at radius 1 is 0.265 bits per heavy atom. The summed E-state index contributed by atoms with van der Waals surface area (Å²) in [5.41, 5.74) is 0. The molecule has 0 aromatic rings. The largest absolute Gasteiger partial charge is 0.472 e. The summed E-state index contributed by atoms with van der Waals surface area (Å²) < 4.78 is 68.8. The van der Waals surface area contributed by atoms with Gasteiger partial charge < -0.3 is 33.8 Å². The molecule has 2 unspecified atom stereocenters. The van der Waals surface area contributed by atoms with Gasteiger partial charge in [0.15, 0.2) is 12.2 Å². The van der Waals surface area contributed by atoms with E-state index in [1.54, 1.807) is 0 Å². The molecule has 0 spiro atoms. The number of aliphatic hydroxyl groups is 1. The van der Waals surface area contributed by atoms with Gasteiger partial charge in [0.05, 0.1) is 26.4 Å². The molecule has 0 heterocycles. The highest BCUT2D eigenvalue weighted by Crippen LogP contribution is 2.45. The average Bonchev–Trinajstić information content (AvgIpc) is 0.938. The fourth-order valence-corrected chi connectivity index (χ4v) is 14.5. The Balaban J connectivity index is 5.25. The maximum absolute atomic E-state index is 13.1. The maximum Gasteiger partial charge on any atom is 0.472 e. The number of phosphoric acid groups is 2. The first-order valence-electron chi connectivity index (χ1n) is 43.0. The van der Waals surface area contributed by atoms with Crippen molar-refractivity contribution in [3.05, 3.63) is 0 Å². The van der Waals surface area contributed by atoms with Gasteiger partial charge in [-0.3, -0.25) is 37.3 Å². The van der Waals surface area contributed by atoms with Crippen molar-refractivity contribution in [2.75, 3.05) is 39.6 Å². The summed E-state index contributed by atoms with van der Waals surface area (Å²) in [6, 6.07) is 0. The molecular formula is C83H162O17P2. The smallest absolute Gasteiger partial charge is 0.462 e. The van der Waals surface area contributed by atoms with Gasteiger partial charge in [-0.25, -0.2) is 9.13 Å². The number of unbranched alkanes of at least 4 members (excludes halogenated alkanes) is 52. The number of aliphatic hydroxyl groups excluding tert-OH is 1. The van der Waals surface area contributed by atoms with Gasteiger partial charge in [-0.05, 0) is 37.5 Å². The Bertz CT molecular complexity index is 1960. The molecule has 0 aliphatic carbocycles. The van der Waals surface area contributed by atoms with E-state index in [0.717, 1.165) is 102 Å². The zero-order valence-corrected chi connectivity index (χ0v) is 68.7. The highest BCUT2D eigenvalue weighted by Gasteiger charge is 2.30. The van der Waals surface area contributed by atoms with Gasteiger partial charge in [-0.2, -0.15) is 0 Å². The lowest BCUT2D eigenvalue weighted by Crippen LogP contribution is -2.30. The molecule has 0 aromatic heterocycles. The zero-order valence-electron chi connectivity index (χ0n) is 66.9. The molecule has 0 radical (unpaired) electrons. The number of carbonyl (C=O) groups excluding carboxylic acids is 4. The summed E-state index contributed by atoms with van der Waals surface area (Å²) in [5.74, 6) is -0.588. The highest BCUT2D eigenvalue weighted by atomic mass is 31.2. The van der Waals surface area contributed by atoms with Gasteiger partial charge in [0.25, 0.3) is 0 Å². The Labute approximate surface area is 626 Å². The normalized spacial score (nSPS) is 13.9. The molecule has 606 valence electrons. The molecule has 0 bridgehead atoms. The summed E-state index contributed by atoms with van der Waals surface area (Å²) in [7, 11) is -9.92. The van der Waals surface area contributed by atoms with Gasteiger partial charge in [0.1, 0.15) is 19.3 Å². The Morgan fingerprint density at radius 3 is 0.667 bits per heavy atom. The Hall–Kier alpha value is -1.94. The molecule has 0 saturated heterocycles. The van der Waals surface area contributed by atoms with Gasteiger partial charge in [0.2, 0.25) is 0 Å². The van der Waals surface area contributed by atoms with Crippen LogP contribution in [0.1, 0.15) is 440 Å². The van der Waals surface area contributed by atoms with Crippen LogP contribution < -0.4 is 0 Å². The van der Waals surface area contributed by atoms with Crippen LogP contribution in [0.2, 0.25) is 0 Å². The van der Waals surface area contributed by atoms with Crippen molar-refractivity contribution in [3.8, 4) is 0 Å². The van der Waals surface area contributed by atoms with Crippen LogP contribution in [0, 0.1) is 11.8 Å². The molecule has 0 saturated carbocycles. The second-order valence-electron chi connectivity index (χ2n) is 30.8. The summed E-state index contributed by atoms with van der Waals surface area (Å²) in [4.78, 5) is 73.1. The van der Waals surface area contributed by atoms with E-state index in [9.17, 15) is 43.2 Å². The van der Waals surface area contributed by atoms with Crippen LogP contribution in [-0.2, 0) is 65.4 Å². The first kappa shape index (κ1) is 100. The van der Waals surface area contributed by atoms with Crippen molar-refractivity contribution in [3.63, 3.8) is 0 Å². The standard InChI is InChI=1S/C83H162O17P2/c1-7-9-11-13-15-17-19-21-23-25-26-27-29-33-38-42-50-56-62-68-82(87)99-78(71-93-80(85)65-59-53-47-40-36-34-30-31-35-39-45-51-57-63-75(3)4)73-97-101(89,90)95-69-77(84)70-96-102(91,92)98-74-79(72-94-81(86)66-60-54-48-44-43-46-52-58-64-76(5)6)100-83(88)67-61-55-49-41-37-32-28-24-22-20-18-16-14-12-10-8-2/h75-79,84H,7-74H2,1-6H3,(H,89,90)(H,91,92)/t77-,78-,79-/m1/s1. The zero-order chi connectivity index (χ0) is 74.9. The van der Waals surface area contributed by atoms with Crippen LogP contribution in [0.15, 0.2) is 0 Å². The minimum atomic E-state index is -4.96. The first-order chi connectivity index (χ1) is 49.4. The molecule has 0 aliphatic rings. The molecule has 102 heavy (non-hydrogen) atoms. The second kappa shape index (κ2) is 74.5. The molecule has 17 nitrogen and oxygen atoms in total. The molecule has 0 rings (SSSR count). The number of hydrogen-bond acceptors (Lipinski definition) is 15. The number of ether oxygens (including phenoxy) is 4. The summed E-state index contributed by atoms with van der Waals surface area (Å²) in [6.07, 6.45) is 65.2. The lowest BCUT2D eigenvalue weighted by Gasteiger charge is -2.21. The van der Waals surface area contributed by atoms with Crippen molar-refractivity contribution >= 4 is 39.5 Å². The van der Waals surface area contributed by atoms with Gasteiger partial charge >= 0.3 is 39.5 Å². The number of carbonyl (C=O) groups is 4. The van der Waals surface area contributed by atoms with Gasteiger partial charge in [-0.1, -0.05) is 388 Å². The molecule has 0 aromatic carbocycles. The summed E-state index contributed by atoms with van der Waals surface area (Å²) in [6.45, 7) is 9.64. The van der Waals surface area contributed by atoms with E-state index in [4.69, 9.17) is 37.0 Å². The molecule has 3 N–H and O–H groups in total. The second-order valence-corrected chi connectivity index (χ2v) is 33.7. The first-order valence-corrected chi connectivity index (χ1v) is 46.0. The highest BCUT2D eigenvalue weighted by molar-refractivity contribution is 7.47. The van der Waals surface area contributed by atoms with E-state index < -0.39 is 97.5 Å². The number of hydrogen-bond donors (Lipinski definition) is 3. The van der Waals surface area contributed by atoms with E-state index >= 15 is 0 Å². The minimum absolute atomic E-state index is 0.108. The van der Waals surface area contributed by atoms with Gasteiger partial charge in [0, 0.05) is 25.7 Å². The van der Waals surface area contributed by atoms with Crippen molar-refractivity contribution in [1.29, 1.82) is 0 Å². The lowest BCUT2D eigenvalue weighted by atomic mass is 10.0. The molecule has 0 amide bonds. The lowest BCUT2D eigenvalue weighted by molar-refractivity contribution is -0.161. The Kier molecular flexibility index (Phi) is 73.1. The number of phosphoric ester groups is 2. The quantitative estimate of drug-likeness (QED) is 0.0222. The molecular weight excluding hydrogens is 1330 g/mol. The van der Waals surface area contributed by atoms with Crippen LogP contribution in [-0.4, -0.2) is 96.7 Å². The molecule has 0 fully saturated rings. The molecule has 19 heteroatoms. The minimum Gasteiger partial charge on any atom is -0.462 e. The molecule has 5 atom stereocenters. The number of rotatable bonds is 82. The monoisotopic (exact) mass is 1490 g/mol. The third kappa shape index (κ3) is 76.3. The van der Waals surface area contributed by atoms with E-state index in [0.29, 0.717) is 25.7 Å². The molecule has 0 aliphatic heterocycles. The predicted molar refractivity (Wildman–Crippen MR) is 418 cm³/mol. The Morgan fingerprint density at radius 2 is 0.451 bits per heavy atom. The fourth-order valence-electron chi connectivity index (χ4n) is 12.9. The SMILES string of the molecule is CCCCCCCCCCCCCCCCCCCCCC(=O)O[C@H](COC(=O)CCCCCCCCCCCCCCCC(C)C)COP(=O)(O)OC[C@@H](O)COP(=O)(O)OC[C@@H](COC(=O)CCCCCCCCCCC(C)C)OC(=O)CCCCCCCCCCCCCCCCCC. The third-order valence-corrected chi connectivity index (χ3v) is 21.4. The topological polar surface area (TPSA) is 237 Å². The number of esters is 4. The predicted octanol–water partition coefficient (Wildman–Crippen LogP) is 25.1. The van der Waals surface area contributed by atoms with Crippen molar-refractivity contribution in [2.45, 2.75) is 458 Å². The van der Waals surface area contributed by atoms with E-state index in [-0.39, 0.29) is 25.7 Å². The van der Waals surface area contributed by atoms with Crippen molar-refractivity contribution in [2.24, 2.45) is 11.8 Å². The van der Waals surface area contributed by atoms with Crippen LogP contribution >= 0.6 is 15.6 Å². The maximum atomic E-state index is 13.1. The van der Waals surface area contributed by atoms with Gasteiger partial charge in [-0.15, -0.1) is 0 Å².